The van der Waals surface area contributed by atoms with Gasteiger partial charge in [0.15, 0.2) is 11.6 Å². The van der Waals surface area contributed by atoms with E-state index in [1.165, 1.54) is 18.4 Å². The van der Waals surface area contributed by atoms with E-state index in [1.54, 1.807) is 13.0 Å². The highest BCUT2D eigenvalue weighted by Gasteiger charge is 2.47. The summed E-state index contributed by atoms with van der Waals surface area (Å²) >= 11 is 0. The third-order valence-corrected chi connectivity index (χ3v) is 4.85. The van der Waals surface area contributed by atoms with Crippen molar-refractivity contribution >= 4 is 5.91 Å². The van der Waals surface area contributed by atoms with Crippen molar-refractivity contribution in [2.24, 2.45) is 11.8 Å². The molecule has 4 rings (SSSR count). The van der Waals surface area contributed by atoms with Gasteiger partial charge in [-0.05, 0) is 23.6 Å². The highest BCUT2D eigenvalue weighted by Crippen LogP contribution is 2.43. The lowest BCUT2D eigenvalue weighted by atomic mass is 9.89. The predicted molar refractivity (Wildman–Crippen MR) is 81.3 cm³/mol. The maximum atomic E-state index is 13.7. The van der Waals surface area contributed by atoms with Crippen LogP contribution >= 0.6 is 0 Å². The number of halogens is 1. The van der Waals surface area contributed by atoms with Gasteiger partial charge in [0, 0.05) is 32.5 Å². The van der Waals surface area contributed by atoms with Crippen molar-refractivity contribution in [3.8, 4) is 0 Å². The number of carbonyl (C=O) groups is 1. The molecule has 0 unspecified atom stereocenters. The number of nitrogens with zero attached hydrogens (tertiary/aromatic N) is 2. The first-order chi connectivity index (χ1) is 11.1. The molecule has 23 heavy (non-hydrogen) atoms. The number of hydrogen-bond donors (Lipinski definition) is 1. The van der Waals surface area contributed by atoms with E-state index in [1.807, 2.05) is 11.0 Å². The molecule has 1 N–H and O–H groups in total. The average molecular weight is 315 g/mol. The molecule has 2 aliphatic rings. The van der Waals surface area contributed by atoms with Crippen LogP contribution in [0.15, 0.2) is 34.9 Å². The topological polar surface area (TPSA) is 58.4 Å². The molecule has 0 spiro atoms. The van der Waals surface area contributed by atoms with Crippen molar-refractivity contribution < 1.29 is 13.6 Å². The lowest BCUT2D eigenvalue weighted by Crippen LogP contribution is -2.35. The van der Waals surface area contributed by atoms with Crippen LogP contribution in [0.2, 0.25) is 0 Å². The number of aryl methyl sites for hydroxylation is 1. The number of benzene rings is 1. The van der Waals surface area contributed by atoms with Gasteiger partial charge in [-0.3, -0.25) is 4.79 Å². The smallest absolute Gasteiger partial charge is 0.276 e. The fourth-order valence-corrected chi connectivity index (χ4v) is 3.86. The summed E-state index contributed by atoms with van der Waals surface area (Å²) in [4.78, 5) is 18.8. The minimum absolute atomic E-state index is 0.129. The first kappa shape index (κ1) is 14.4. The monoisotopic (exact) mass is 315 g/mol. The molecule has 5 nitrogen and oxygen atoms in total. The molecule has 2 saturated heterocycles. The van der Waals surface area contributed by atoms with Gasteiger partial charge in [-0.1, -0.05) is 12.1 Å². The summed E-state index contributed by atoms with van der Waals surface area (Å²) in [5.41, 5.74) is 1.16. The fraction of sp³-hybridized carbons (Fsp3) is 0.412. The molecular weight excluding hydrogens is 297 g/mol. The predicted octanol–water partition coefficient (Wildman–Crippen LogP) is 2.15. The van der Waals surface area contributed by atoms with Gasteiger partial charge in [-0.15, -0.1) is 0 Å². The van der Waals surface area contributed by atoms with Gasteiger partial charge in [0.1, 0.15) is 12.1 Å². The van der Waals surface area contributed by atoms with Gasteiger partial charge in [0.2, 0.25) is 0 Å². The highest BCUT2D eigenvalue weighted by atomic mass is 19.1. The molecule has 2 aliphatic heterocycles. The van der Waals surface area contributed by atoms with Crippen LogP contribution in [-0.2, 0) is 0 Å². The molecule has 0 bridgehead atoms. The number of rotatable bonds is 2. The zero-order chi connectivity index (χ0) is 16.0. The summed E-state index contributed by atoms with van der Waals surface area (Å²) in [7, 11) is 0. The van der Waals surface area contributed by atoms with Crippen molar-refractivity contribution in [2.75, 3.05) is 19.6 Å². The quantitative estimate of drug-likeness (QED) is 0.922. The van der Waals surface area contributed by atoms with E-state index in [-0.39, 0.29) is 17.8 Å². The lowest BCUT2D eigenvalue weighted by molar-refractivity contribution is 0.0707. The molecule has 3 heterocycles. The van der Waals surface area contributed by atoms with E-state index < -0.39 is 0 Å². The maximum absolute atomic E-state index is 13.7. The molecule has 2 fully saturated rings. The maximum Gasteiger partial charge on any atom is 0.276 e. The molecule has 6 heteroatoms. The van der Waals surface area contributed by atoms with Gasteiger partial charge < -0.3 is 14.6 Å². The van der Waals surface area contributed by atoms with Crippen LogP contribution in [0, 0.1) is 24.6 Å². The second-order valence-electron chi connectivity index (χ2n) is 6.29. The minimum Gasteiger partial charge on any atom is -0.448 e. The third kappa shape index (κ3) is 2.43. The molecule has 3 atom stereocenters. The fourth-order valence-electron chi connectivity index (χ4n) is 3.86. The first-order valence-corrected chi connectivity index (χ1v) is 7.83. The van der Waals surface area contributed by atoms with Crippen molar-refractivity contribution in [1.82, 2.24) is 15.2 Å². The number of likely N-dealkylation sites (tertiary alicyclic amines) is 1. The second kappa shape index (κ2) is 5.45. The Kier molecular flexibility index (Phi) is 3.41. The molecule has 0 aliphatic carbocycles. The standard InChI is InChI=1S/C17H18FN3O2/c1-10-20-15(9-23-10)17(22)21-8-12-6-19-7-14(12)16(21)11-3-2-4-13(18)5-11/h2-5,9,12,14,16,19H,6-8H2,1H3/t12-,14-,16+/m0/s1. The minimum atomic E-state index is -0.276. The Morgan fingerprint density at radius 3 is 3.04 bits per heavy atom. The van der Waals surface area contributed by atoms with Crippen LogP contribution in [0.25, 0.3) is 0 Å². The number of fused-ring (bicyclic) bond motifs is 1. The molecule has 0 saturated carbocycles. The summed E-state index contributed by atoms with van der Waals surface area (Å²) in [5, 5.41) is 3.38. The van der Waals surface area contributed by atoms with Crippen LogP contribution in [0.1, 0.15) is 28.0 Å². The molecule has 2 aromatic rings. The van der Waals surface area contributed by atoms with E-state index in [0.29, 0.717) is 30.0 Å². The Labute approximate surface area is 133 Å². The van der Waals surface area contributed by atoms with Gasteiger partial charge >= 0.3 is 0 Å². The number of amides is 1. The van der Waals surface area contributed by atoms with E-state index >= 15 is 0 Å². The molecule has 1 amide bonds. The van der Waals surface area contributed by atoms with Gasteiger partial charge in [-0.25, -0.2) is 9.37 Å². The first-order valence-electron chi connectivity index (χ1n) is 7.83. The zero-order valence-corrected chi connectivity index (χ0v) is 12.8. The molecular formula is C17H18FN3O2. The molecule has 0 radical (unpaired) electrons. The molecule has 1 aromatic carbocycles. The zero-order valence-electron chi connectivity index (χ0n) is 12.8. The Bertz CT molecular complexity index is 745. The summed E-state index contributed by atoms with van der Waals surface area (Å²) in [6.07, 6.45) is 1.40. The SMILES string of the molecule is Cc1nc(C(=O)N2C[C@@H]3CNC[C@@H]3[C@H]2c2cccc(F)c2)co1. The van der Waals surface area contributed by atoms with E-state index in [4.69, 9.17) is 4.42 Å². The summed E-state index contributed by atoms with van der Waals surface area (Å²) in [6, 6.07) is 6.41. The van der Waals surface area contributed by atoms with Crippen molar-refractivity contribution in [3.05, 3.63) is 53.5 Å². The summed E-state index contributed by atoms with van der Waals surface area (Å²) in [6.45, 7) is 4.10. The highest BCUT2D eigenvalue weighted by molar-refractivity contribution is 5.92. The number of carbonyl (C=O) groups excluding carboxylic acids is 1. The van der Waals surface area contributed by atoms with Crippen molar-refractivity contribution in [1.29, 1.82) is 0 Å². The van der Waals surface area contributed by atoms with Crippen molar-refractivity contribution in [2.45, 2.75) is 13.0 Å². The van der Waals surface area contributed by atoms with Gasteiger partial charge in [0.25, 0.3) is 5.91 Å². The Morgan fingerprint density at radius 1 is 1.43 bits per heavy atom. The summed E-state index contributed by atoms with van der Waals surface area (Å²) in [5.74, 6) is 0.734. The summed E-state index contributed by atoms with van der Waals surface area (Å²) < 4.78 is 18.8. The Hall–Kier alpha value is -2.21. The van der Waals surface area contributed by atoms with Crippen LogP contribution in [0.4, 0.5) is 4.39 Å². The van der Waals surface area contributed by atoms with E-state index in [2.05, 4.69) is 10.3 Å². The third-order valence-electron chi connectivity index (χ3n) is 4.85. The number of oxazole rings is 1. The Balaban J connectivity index is 1.71. The Morgan fingerprint density at radius 2 is 2.30 bits per heavy atom. The van der Waals surface area contributed by atoms with Crippen LogP contribution in [0.5, 0.6) is 0 Å². The largest absolute Gasteiger partial charge is 0.448 e. The number of aromatic nitrogens is 1. The van der Waals surface area contributed by atoms with Gasteiger partial charge in [0.05, 0.1) is 6.04 Å². The average Bonchev–Trinajstić information content (AvgIpc) is 3.21. The normalized spacial score (nSPS) is 26.5. The lowest BCUT2D eigenvalue weighted by Gasteiger charge is -2.27. The van der Waals surface area contributed by atoms with Crippen LogP contribution in [-0.4, -0.2) is 35.4 Å². The van der Waals surface area contributed by atoms with Crippen LogP contribution < -0.4 is 5.32 Å². The molecule has 1 aromatic heterocycles. The van der Waals surface area contributed by atoms with Crippen LogP contribution in [0.3, 0.4) is 0 Å². The van der Waals surface area contributed by atoms with E-state index in [9.17, 15) is 9.18 Å². The number of nitrogens with one attached hydrogen (secondary N) is 1. The van der Waals surface area contributed by atoms with Crippen molar-refractivity contribution in [3.63, 3.8) is 0 Å². The van der Waals surface area contributed by atoms with Gasteiger partial charge in [-0.2, -0.15) is 0 Å². The number of hydrogen-bond acceptors (Lipinski definition) is 4. The van der Waals surface area contributed by atoms with E-state index in [0.717, 1.165) is 18.7 Å². The second-order valence-corrected chi connectivity index (χ2v) is 6.29. The molecule has 120 valence electrons.